The average molecular weight is 439 g/mol. The number of nitrogens with zero attached hydrogens (tertiary/aromatic N) is 1. The monoisotopic (exact) mass is 438 g/mol. The summed E-state index contributed by atoms with van der Waals surface area (Å²) in [6.07, 6.45) is 2.45. The first-order valence-electron chi connectivity index (χ1n) is 9.35. The molecule has 0 unspecified atom stereocenters. The molecule has 1 amide bonds. The topological polar surface area (TPSA) is 59.9 Å². The molecule has 0 atom stereocenters. The van der Waals surface area contributed by atoms with Crippen LogP contribution in [0.5, 0.6) is 11.5 Å². The van der Waals surface area contributed by atoms with Gasteiger partial charge in [-0.2, -0.15) is 0 Å². The summed E-state index contributed by atoms with van der Waals surface area (Å²) in [4.78, 5) is 16.1. The zero-order valence-corrected chi connectivity index (χ0v) is 17.5. The molecule has 1 N–H and O–H groups in total. The van der Waals surface area contributed by atoms with Gasteiger partial charge in [-0.3, -0.25) is 9.79 Å². The fourth-order valence-electron chi connectivity index (χ4n) is 3.77. The summed E-state index contributed by atoms with van der Waals surface area (Å²) < 4.78 is 10.7. The predicted molar refractivity (Wildman–Crippen MR) is 119 cm³/mol. The van der Waals surface area contributed by atoms with Crippen LogP contribution in [0.15, 0.2) is 47.5 Å². The smallest absolute Gasteiger partial charge is 0.231 e. The van der Waals surface area contributed by atoms with Gasteiger partial charge in [0.2, 0.25) is 12.7 Å². The van der Waals surface area contributed by atoms with Crippen molar-refractivity contribution in [2.45, 2.75) is 13.3 Å². The highest BCUT2D eigenvalue weighted by atomic mass is 35.5. The van der Waals surface area contributed by atoms with E-state index in [-0.39, 0.29) is 12.7 Å². The molecular formula is C23H16Cl2N2O3. The number of ether oxygens (including phenoxy) is 2. The van der Waals surface area contributed by atoms with E-state index in [1.54, 1.807) is 6.21 Å². The van der Waals surface area contributed by atoms with Crippen LogP contribution in [0.2, 0.25) is 10.0 Å². The third kappa shape index (κ3) is 3.30. The molecule has 0 saturated carbocycles. The number of anilines is 1. The third-order valence-corrected chi connectivity index (χ3v) is 5.84. The van der Waals surface area contributed by atoms with Crippen molar-refractivity contribution in [3.63, 3.8) is 0 Å². The van der Waals surface area contributed by atoms with Gasteiger partial charge >= 0.3 is 0 Å². The molecule has 5 nitrogen and oxygen atoms in total. The van der Waals surface area contributed by atoms with Crippen LogP contribution in [-0.4, -0.2) is 18.9 Å². The molecule has 0 radical (unpaired) electrons. The minimum Gasteiger partial charge on any atom is -0.454 e. The predicted octanol–water partition coefficient (Wildman–Crippen LogP) is 6.00. The van der Waals surface area contributed by atoms with Crippen LogP contribution < -0.4 is 14.8 Å². The van der Waals surface area contributed by atoms with Crippen LogP contribution in [0.4, 0.5) is 11.4 Å². The van der Waals surface area contributed by atoms with E-state index < -0.39 is 0 Å². The third-order valence-electron chi connectivity index (χ3n) is 5.13. The number of amides is 1. The van der Waals surface area contributed by atoms with Crippen molar-refractivity contribution in [2.75, 3.05) is 12.1 Å². The van der Waals surface area contributed by atoms with Gasteiger partial charge in [0, 0.05) is 19.6 Å². The fraction of sp³-hybridized carbons (Fsp3) is 0.130. The number of halogens is 2. The lowest BCUT2D eigenvalue weighted by atomic mass is 10.0. The quantitative estimate of drug-likeness (QED) is 0.398. The minimum atomic E-state index is -0.214. The molecule has 5 rings (SSSR count). The van der Waals surface area contributed by atoms with Crippen molar-refractivity contribution in [1.29, 1.82) is 0 Å². The molecule has 0 saturated heterocycles. The Balaban J connectivity index is 1.44. The molecule has 0 bridgehead atoms. The van der Waals surface area contributed by atoms with Crippen molar-refractivity contribution >= 4 is 46.7 Å². The van der Waals surface area contributed by atoms with Crippen LogP contribution in [0.1, 0.15) is 23.6 Å². The number of carbonyl (C=O) groups excluding carboxylic acids is 1. The molecule has 150 valence electrons. The number of aliphatic imine (C=N–C) groups is 1. The van der Waals surface area contributed by atoms with Gasteiger partial charge in [-0.15, -0.1) is 0 Å². The number of rotatable bonds is 3. The summed E-state index contributed by atoms with van der Waals surface area (Å²) in [6.45, 7) is 1.68. The number of benzene rings is 3. The van der Waals surface area contributed by atoms with E-state index in [1.165, 1.54) is 6.92 Å². The first-order valence-corrected chi connectivity index (χ1v) is 10.1. The first-order chi connectivity index (χ1) is 14.5. The Morgan fingerprint density at radius 1 is 1.07 bits per heavy atom. The van der Waals surface area contributed by atoms with Gasteiger partial charge in [-0.25, -0.2) is 0 Å². The highest BCUT2D eigenvalue weighted by Crippen LogP contribution is 2.47. The molecule has 1 heterocycles. The lowest BCUT2D eigenvalue weighted by Crippen LogP contribution is -2.07. The van der Waals surface area contributed by atoms with Crippen molar-refractivity contribution in [3.05, 3.63) is 69.2 Å². The summed E-state index contributed by atoms with van der Waals surface area (Å²) in [6, 6.07) is 13.6. The maximum Gasteiger partial charge on any atom is 0.231 e. The van der Waals surface area contributed by atoms with Crippen molar-refractivity contribution in [1.82, 2.24) is 0 Å². The number of fused-ring (bicyclic) bond motifs is 4. The molecule has 1 aliphatic heterocycles. The standard InChI is InChI=1S/C23H16Cl2N2O3/c1-12(28)27-23-19(24)9-17-16-4-3-15(7-14(16)8-18(17)22(23)25)26-10-13-2-5-20-21(6-13)30-11-29-20/h2-7,9-10H,8,11H2,1H3,(H,27,28). The van der Waals surface area contributed by atoms with Gasteiger partial charge in [0.15, 0.2) is 11.5 Å². The molecule has 1 aliphatic carbocycles. The van der Waals surface area contributed by atoms with Gasteiger partial charge in [-0.05, 0) is 64.2 Å². The van der Waals surface area contributed by atoms with Crippen LogP contribution in [0.25, 0.3) is 11.1 Å². The Hall–Kier alpha value is -3.02. The molecule has 7 heteroatoms. The summed E-state index contributed by atoms with van der Waals surface area (Å²) in [5, 5.41) is 3.62. The summed E-state index contributed by atoms with van der Waals surface area (Å²) in [5.41, 5.74) is 6.35. The fourth-order valence-corrected chi connectivity index (χ4v) is 4.38. The second-order valence-corrected chi connectivity index (χ2v) is 7.93. The van der Waals surface area contributed by atoms with Crippen LogP contribution in [-0.2, 0) is 11.2 Å². The summed E-state index contributed by atoms with van der Waals surface area (Å²) >= 11 is 12.9. The average Bonchev–Trinajstić information content (AvgIpc) is 3.33. The number of carbonyl (C=O) groups is 1. The van der Waals surface area contributed by atoms with Crippen molar-refractivity contribution < 1.29 is 14.3 Å². The molecular weight excluding hydrogens is 423 g/mol. The van der Waals surface area contributed by atoms with Crippen LogP contribution in [0, 0.1) is 0 Å². The van der Waals surface area contributed by atoms with Gasteiger partial charge in [0.25, 0.3) is 0 Å². The maximum absolute atomic E-state index is 11.5. The zero-order valence-electron chi connectivity index (χ0n) is 16.0. The molecule has 0 fully saturated rings. The Kier molecular flexibility index (Phi) is 4.65. The van der Waals surface area contributed by atoms with E-state index in [4.69, 9.17) is 32.7 Å². The molecule has 3 aromatic carbocycles. The highest BCUT2D eigenvalue weighted by molar-refractivity contribution is 6.41. The highest BCUT2D eigenvalue weighted by Gasteiger charge is 2.25. The molecule has 0 spiro atoms. The molecule has 0 aromatic heterocycles. The van der Waals surface area contributed by atoms with Gasteiger partial charge in [-0.1, -0.05) is 29.3 Å². The van der Waals surface area contributed by atoms with E-state index in [2.05, 4.69) is 10.3 Å². The SMILES string of the molecule is CC(=O)Nc1c(Cl)cc2c(c1Cl)Cc1cc(N=Cc3ccc4c(c3)OCO4)ccc1-2. The van der Waals surface area contributed by atoms with Crippen LogP contribution in [0.3, 0.4) is 0 Å². The van der Waals surface area contributed by atoms with Crippen LogP contribution >= 0.6 is 23.2 Å². The summed E-state index contributed by atoms with van der Waals surface area (Å²) in [5.74, 6) is 1.26. The molecule has 30 heavy (non-hydrogen) atoms. The molecule has 2 aliphatic rings. The normalized spacial score (nSPS) is 13.4. The van der Waals surface area contributed by atoms with E-state index in [0.29, 0.717) is 22.2 Å². The summed E-state index contributed by atoms with van der Waals surface area (Å²) in [7, 11) is 0. The molecule has 3 aromatic rings. The van der Waals surface area contributed by atoms with E-state index in [0.717, 1.165) is 45.0 Å². The van der Waals surface area contributed by atoms with E-state index in [1.807, 2.05) is 42.5 Å². The Morgan fingerprint density at radius 3 is 2.73 bits per heavy atom. The van der Waals surface area contributed by atoms with E-state index in [9.17, 15) is 4.79 Å². The Labute approximate surface area is 183 Å². The lowest BCUT2D eigenvalue weighted by molar-refractivity contribution is -0.114. The van der Waals surface area contributed by atoms with E-state index >= 15 is 0 Å². The van der Waals surface area contributed by atoms with Gasteiger partial charge < -0.3 is 14.8 Å². The van der Waals surface area contributed by atoms with Crippen molar-refractivity contribution in [3.8, 4) is 22.6 Å². The largest absolute Gasteiger partial charge is 0.454 e. The maximum atomic E-state index is 11.5. The van der Waals surface area contributed by atoms with Gasteiger partial charge in [0.05, 0.1) is 21.4 Å². The first kappa shape index (κ1) is 19.0. The minimum absolute atomic E-state index is 0.214. The zero-order chi connectivity index (χ0) is 20.8. The second kappa shape index (κ2) is 7.35. The lowest BCUT2D eigenvalue weighted by Gasteiger charge is -2.12. The van der Waals surface area contributed by atoms with Crippen molar-refractivity contribution in [2.24, 2.45) is 4.99 Å². The Morgan fingerprint density at radius 2 is 1.90 bits per heavy atom. The second-order valence-electron chi connectivity index (χ2n) is 7.14. The number of nitrogens with one attached hydrogen (secondary N) is 1. The Bertz CT molecular complexity index is 1240. The number of hydrogen-bond acceptors (Lipinski definition) is 4. The van der Waals surface area contributed by atoms with Gasteiger partial charge in [0.1, 0.15) is 0 Å². The number of hydrogen-bond donors (Lipinski definition) is 1.